The molecule has 2 aliphatic rings. The van der Waals surface area contributed by atoms with Crippen LogP contribution in [0.5, 0.6) is 0 Å². The molecule has 1 aliphatic heterocycles. The average molecular weight is 365 g/mol. The monoisotopic (exact) mass is 365 g/mol. The molecule has 1 aliphatic carbocycles. The Bertz CT molecular complexity index is 1000. The number of hydrogen-bond donors (Lipinski definition) is 1. The maximum atomic E-state index is 12.5. The molecule has 0 spiro atoms. The van der Waals surface area contributed by atoms with Crippen molar-refractivity contribution in [2.24, 2.45) is 5.92 Å². The minimum absolute atomic E-state index is 0.253. The fourth-order valence-electron chi connectivity index (χ4n) is 3.79. The van der Waals surface area contributed by atoms with E-state index >= 15 is 0 Å². The zero-order chi connectivity index (χ0) is 18.4. The number of amides is 1. The molecule has 1 aromatic carbocycles. The van der Waals surface area contributed by atoms with Crippen molar-refractivity contribution < 1.29 is 9.21 Å². The number of oxazole rings is 1. The van der Waals surface area contributed by atoms with Crippen LogP contribution in [0.3, 0.4) is 0 Å². The first kappa shape index (κ1) is 16.4. The highest BCUT2D eigenvalue weighted by molar-refractivity contribution is 5.79. The molecule has 1 fully saturated rings. The number of rotatable bonds is 4. The molecular weight excluding hydrogens is 342 g/mol. The van der Waals surface area contributed by atoms with Gasteiger partial charge >= 0.3 is 0 Å². The molecule has 7 nitrogen and oxygen atoms in total. The summed E-state index contributed by atoms with van der Waals surface area (Å²) in [6, 6.07) is 8.53. The lowest BCUT2D eigenvalue weighted by atomic mass is 9.84. The normalized spacial score (nSPS) is 17.0. The molecule has 0 saturated heterocycles. The number of carbonyl (C=O) groups is 1. The van der Waals surface area contributed by atoms with Crippen LogP contribution in [0.25, 0.3) is 11.1 Å². The third-order valence-corrected chi connectivity index (χ3v) is 5.58. The molecule has 0 atom stereocenters. The van der Waals surface area contributed by atoms with Gasteiger partial charge in [0.2, 0.25) is 5.91 Å². The second-order valence-corrected chi connectivity index (χ2v) is 7.58. The Hall–Kier alpha value is -2.83. The fraction of sp³-hybridized carbons (Fsp3) is 0.450. The van der Waals surface area contributed by atoms with Gasteiger partial charge in [-0.15, -0.1) is 0 Å². The van der Waals surface area contributed by atoms with Crippen LogP contribution in [0.2, 0.25) is 0 Å². The quantitative estimate of drug-likeness (QED) is 0.769. The smallest absolute Gasteiger partial charge is 0.296 e. The van der Waals surface area contributed by atoms with Crippen molar-refractivity contribution in [3.8, 4) is 0 Å². The average Bonchev–Trinajstić information content (AvgIpc) is 3.20. The van der Waals surface area contributed by atoms with Crippen molar-refractivity contribution in [2.75, 3.05) is 11.9 Å². The van der Waals surface area contributed by atoms with Gasteiger partial charge in [-0.2, -0.15) is 10.1 Å². The topological polar surface area (TPSA) is 76.2 Å². The maximum absolute atomic E-state index is 12.5. The lowest BCUT2D eigenvalue weighted by Gasteiger charge is -2.34. The summed E-state index contributed by atoms with van der Waals surface area (Å²) in [6.07, 6.45) is 3.29. The van der Waals surface area contributed by atoms with Gasteiger partial charge in [-0.3, -0.25) is 9.48 Å². The van der Waals surface area contributed by atoms with Gasteiger partial charge < -0.3 is 14.6 Å². The van der Waals surface area contributed by atoms with Gasteiger partial charge in [0.05, 0.1) is 31.0 Å². The number of nitrogens with one attached hydrogen (secondary N) is 1. The number of aryl methyl sites for hydroxylation is 1. The van der Waals surface area contributed by atoms with E-state index < -0.39 is 0 Å². The highest BCUT2D eigenvalue weighted by Gasteiger charge is 2.31. The summed E-state index contributed by atoms with van der Waals surface area (Å²) >= 11 is 0. The minimum atomic E-state index is 0.253. The van der Waals surface area contributed by atoms with E-state index in [0.717, 1.165) is 54.0 Å². The number of carbonyl (C=O) groups excluding carboxylic acids is 1. The van der Waals surface area contributed by atoms with Crippen LogP contribution < -0.4 is 5.32 Å². The third kappa shape index (κ3) is 3.07. The lowest BCUT2D eigenvalue weighted by Crippen LogP contribution is -2.43. The van der Waals surface area contributed by atoms with Crippen molar-refractivity contribution in [1.82, 2.24) is 19.7 Å². The molecule has 2 aromatic heterocycles. The van der Waals surface area contributed by atoms with Crippen LogP contribution in [0.1, 0.15) is 36.2 Å². The minimum Gasteiger partial charge on any atom is -0.424 e. The molecule has 1 N–H and O–H groups in total. The van der Waals surface area contributed by atoms with E-state index in [9.17, 15) is 4.79 Å². The molecule has 1 amide bonds. The van der Waals surface area contributed by atoms with Crippen molar-refractivity contribution in [1.29, 1.82) is 0 Å². The molecule has 3 heterocycles. The van der Waals surface area contributed by atoms with E-state index in [1.165, 1.54) is 6.42 Å². The number of benzene rings is 1. The van der Waals surface area contributed by atoms with Gasteiger partial charge in [0, 0.05) is 12.5 Å². The van der Waals surface area contributed by atoms with E-state index in [1.54, 1.807) is 0 Å². The van der Waals surface area contributed by atoms with Crippen LogP contribution in [0, 0.1) is 12.8 Å². The Labute approximate surface area is 157 Å². The molecule has 3 aromatic rings. The van der Waals surface area contributed by atoms with Crippen LogP contribution in [-0.4, -0.2) is 32.1 Å². The SMILES string of the molecule is Cc1ccc2oc(NCc3cc4n(n3)CCN(C(=O)C3CCC3)C4)nc2c1. The molecule has 140 valence electrons. The number of anilines is 1. The van der Waals surface area contributed by atoms with Gasteiger partial charge in [0.15, 0.2) is 5.58 Å². The second kappa shape index (κ2) is 6.40. The van der Waals surface area contributed by atoms with E-state index in [2.05, 4.69) is 21.5 Å². The summed E-state index contributed by atoms with van der Waals surface area (Å²) < 4.78 is 7.74. The highest BCUT2D eigenvalue weighted by atomic mass is 16.4. The van der Waals surface area contributed by atoms with Gasteiger partial charge in [-0.05, 0) is 43.5 Å². The standard InChI is InChI=1S/C20H23N5O2/c1-13-5-6-18-17(9-13)22-20(27-18)21-11-15-10-16-12-24(7-8-25(16)23-15)19(26)14-3-2-4-14/h5-6,9-10,14H,2-4,7-8,11-12H2,1H3,(H,21,22). The molecule has 0 bridgehead atoms. The molecule has 27 heavy (non-hydrogen) atoms. The van der Waals surface area contributed by atoms with Crippen LogP contribution >= 0.6 is 0 Å². The Morgan fingerprint density at radius 2 is 2.19 bits per heavy atom. The summed E-state index contributed by atoms with van der Waals surface area (Å²) in [4.78, 5) is 18.9. The summed E-state index contributed by atoms with van der Waals surface area (Å²) in [5, 5.41) is 7.87. The first-order chi connectivity index (χ1) is 13.2. The van der Waals surface area contributed by atoms with Crippen LogP contribution in [0.4, 0.5) is 6.01 Å². The van der Waals surface area contributed by atoms with Gasteiger partial charge in [0.25, 0.3) is 6.01 Å². The van der Waals surface area contributed by atoms with Crippen LogP contribution in [0.15, 0.2) is 28.7 Å². The van der Waals surface area contributed by atoms with Crippen molar-refractivity contribution in [3.05, 3.63) is 41.2 Å². The molecule has 1 saturated carbocycles. The number of aromatic nitrogens is 3. The molecule has 7 heteroatoms. The van der Waals surface area contributed by atoms with E-state index in [-0.39, 0.29) is 5.92 Å². The van der Waals surface area contributed by atoms with Crippen molar-refractivity contribution >= 4 is 23.0 Å². The Kier molecular flexibility index (Phi) is 3.88. The van der Waals surface area contributed by atoms with Crippen molar-refractivity contribution in [3.63, 3.8) is 0 Å². The summed E-state index contributed by atoms with van der Waals surface area (Å²) in [6.45, 7) is 4.75. The zero-order valence-electron chi connectivity index (χ0n) is 15.4. The predicted octanol–water partition coefficient (Wildman–Crippen LogP) is 3.09. The Balaban J connectivity index is 1.25. The summed E-state index contributed by atoms with van der Waals surface area (Å²) in [5.41, 5.74) is 4.81. The number of fused-ring (bicyclic) bond motifs is 2. The van der Waals surface area contributed by atoms with Crippen molar-refractivity contribution in [2.45, 2.75) is 45.8 Å². The van der Waals surface area contributed by atoms with E-state index in [0.29, 0.717) is 25.0 Å². The first-order valence-corrected chi connectivity index (χ1v) is 9.61. The largest absolute Gasteiger partial charge is 0.424 e. The van der Waals surface area contributed by atoms with Crippen LogP contribution in [-0.2, 0) is 24.4 Å². The summed E-state index contributed by atoms with van der Waals surface area (Å²) in [7, 11) is 0. The molecular formula is C20H23N5O2. The predicted molar refractivity (Wildman–Crippen MR) is 101 cm³/mol. The number of hydrogen-bond acceptors (Lipinski definition) is 5. The van der Waals surface area contributed by atoms with E-state index in [1.807, 2.05) is 34.7 Å². The zero-order valence-corrected chi connectivity index (χ0v) is 15.4. The van der Waals surface area contributed by atoms with Gasteiger partial charge in [0.1, 0.15) is 5.52 Å². The third-order valence-electron chi connectivity index (χ3n) is 5.58. The van der Waals surface area contributed by atoms with Gasteiger partial charge in [-0.25, -0.2) is 0 Å². The second-order valence-electron chi connectivity index (χ2n) is 7.58. The first-order valence-electron chi connectivity index (χ1n) is 9.61. The number of nitrogens with zero attached hydrogens (tertiary/aromatic N) is 4. The molecule has 5 rings (SSSR count). The highest BCUT2D eigenvalue weighted by Crippen LogP contribution is 2.29. The van der Waals surface area contributed by atoms with E-state index in [4.69, 9.17) is 4.42 Å². The summed E-state index contributed by atoms with van der Waals surface area (Å²) in [5.74, 6) is 0.568. The molecule has 0 radical (unpaired) electrons. The Morgan fingerprint density at radius 1 is 1.30 bits per heavy atom. The fourth-order valence-corrected chi connectivity index (χ4v) is 3.79. The molecule has 0 unspecified atom stereocenters. The lowest BCUT2D eigenvalue weighted by molar-refractivity contribution is -0.139. The van der Waals surface area contributed by atoms with Gasteiger partial charge in [-0.1, -0.05) is 12.5 Å². The maximum Gasteiger partial charge on any atom is 0.296 e. The Morgan fingerprint density at radius 3 is 3.00 bits per heavy atom.